The van der Waals surface area contributed by atoms with Crippen LogP contribution in [-0.4, -0.2) is 28.3 Å². The van der Waals surface area contributed by atoms with Crippen LogP contribution in [-0.2, 0) is 9.53 Å². The van der Waals surface area contributed by atoms with Gasteiger partial charge in [-0.2, -0.15) is 4.98 Å². The summed E-state index contributed by atoms with van der Waals surface area (Å²) >= 11 is 0. The number of ether oxygens (including phenoxy) is 1. The molecule has 0 bridgehead atoms. The van der Waals surface area contributed by atoms with E-state index >= 15 is 0 Å². The summed E-state index contributed by atoms with van der Waals surface area (Å²) in [7, 11) is 1.59. The smallest absolute Gasteiger partial charge is 0.307 e. The lowest BCUT2D eigenvalue weighted by atomic mass is 10.1. The molecule has 1 aliphatic carbocycles. The minimum absolute atomic E-state index is 0.201. The van der Waals surface area contributed by atoms with Crippen LogP contribution in [0.5, 0.6) is 0 Å². The van der Waals surface area contributed by atoms with E-state index in [4.69, 9.17) is 14.4 Å². The minimum Gasteiger partial charge on any atom is -0.481 e. The maximum atomic E-state index is 11.1. The number of hydrogen-bond donors (Lipinski definition) is 1. The van der Waals surface area contributed by atoms with E-state index in [1.165, 1.54) is 0 Å². The van der Waals surface area contributed by atoms with Gasteiger partial charge in [-0.3, -0.25) is 4.79 Å². The maximum Gasteiger partial charge on any atom is 0.307 e. The Morgan fingerprint density at radius 2 is 2.28 bits per heavy atom. The average Bonchev–Trinajstić information content (AvgIpc) is 2.68. The fourth-order valence-electron chi connectivity index (χ4n) is 2.52. The molecule has 0 aliphatic heterocycles. The van der Waals surface area contributed by atoms with Crippen molar-refractivity contribution in [1.82, 2.24) is 10.1 Å². The van der Waals surface area contributed by atoms with E-state index in [-0.39, 0.29) is 17.4 Å². The highest BCUT2D eigenvalue weighted by Gasteiger charge is 2.65. The number of rotatable bonds is 5. The van der Waals surface area contributed by atoms with Crippen molar-refractivity contribution in [2.24, 2.45) is 11.3 Å². The molecule has 6 heteroatoms. The molecule has 2 rings (SSSR count). The molecule has 1 aliphatic rings. The number of aliphatic carboxylic acids is 1. The number of nitrogens with zero attached hydrogens (tertiary/aromatic N) is 2. The molecule has 6 nitrogen and oxygen atoms in total. The molecule has 1 saturated carbocycles. The van der Waals surface area contributed by atoms with Gasteiger partial charge in [0.25, 0.3) is 0 Å². The Hall–Kier alpha value is -1.43. The first kappa shape index (κ1) is 13.0. The van der Waals surface area contributed by atoms with Gasteiger partial charge in [0.1, 0.15) is 6.10 Å². The quantitative estimate of drug-likeness (QED) is 0.864. The lowest BCUT2D eigenvalue weighted by Crippen LogP contribution is -2.03. The molecule has 1 fully saturated rings. The van der Waals surface area contributed by atoms with Crippen LogP contribution in [0.3, 0.4) is 0 Å². The summed E-state index contributed by atoms with van der Waals surface area (Å²) < 4.78 is 10.4. The van der Waals surface area contributed by atoms with Gasteiger partial charge in [-0.1, -0.05) is 25.9 Å². The molecule has 1 aromatic heterocycles. The first-order valence-electron chi connectivity index (χ1n) is 6.02. The van der Waals surface area contributed by atoms with Crippen LogP contribution in [0.2, 0.25) is 0 Å². The van der Waals surface area contributed by atoms with Gasteiger partial charge in [0.05, 0.1) is 11.8 Å². The predicted octanol–water partition coefficient (Wildman–Crippen LogP) is 1.99. The molecule has 1 aromatic rings. The van der Waals surface area contributed by atoms with Gasteiger partial charge in [-0.05, 0) is 11.8 Å². The molecule has 0 aromatic carbocycles. The Morgan fingerprint density at radius 3 is 2.72 bits per heavy atom. The molecule has 1 heterocycles. The van der Waals surface area contributed by atoms with Crippen molar-refractivity contribution in [2.45, 2.75) is 39.2 Å². The third kappa shape index (κ3) is 1.90. The largest absolute Gasteiger partial charge is 0.481 e. The molecular formula is C12H18N2O4. The standard InChI is InChI=1S/C12H18N2O4/c1-5-6(17-4)9-13-10(18-14-9)7-8(11(15)16)12(7,2)3/h6-8H,5H2,1-4H3,(H,15,16). The van der Waals surface area contributed by atoms with Crippen molar-refractivity contribution in [1.29, 1.82) is 0 Å². The van der Waals surface area contributed by atoms with E-state index < -0.39 is 11.9 Å². The zero-order valence-electron chi connectivity index (χ0n) is 11.0. The zero-order chi connectivity index (χ0) is 13.5. The van der Waals surface area contributed by atoms with Gasteiger partial charge in [0.15, 0.2) is 0 Å². The Labute approximate surface area is 105 Å². The van der Waals surface area contributed by atoms with E-state index in [0.29, 0.717) is 11.7 Å². The first-order chi connectivity index (χ1) is 8.43. The Balaban J connectivity index is 2.19. The zero-order valence-corrected chi connectivity index (χ0v) is 11.0. The predicted molar refractivity (Wildman–Crippen MR) is 62.0 cm³/mol. The number of carboxylic acids is 1. The van der Waals surface area contributed by atoms with E-state index in [1.807, 2.05) is 20.8 Å². The summed E-state index contributed by atoms with van der Waals surface area (Å²) in [6.07, 6.45) is 0.541. The molecule has 0 saturated heterocycles. The molecular weight excluding hydrogens is 236 g/mol. The SMILES string of the molecule is CCC(OC)c1noc(C2C(C(=O)O)C2(C)C)n1. The maximum absolute atomic E-state index is 11.1. The summed E-state index contributed by atoms with van der Waals surface area (Å²) in [4.78, 5) is 15.4. The molecule has 3 unspecified atom stereocenters. The number of hydrogen-bond acceptors (Lipinski definition) is 5. The minimum atomic E-state index is -0.816. The molecule has 0 amide bonds. The monoisotopic (exact) mass is 254 g/mol. The molecule has 1 N–H and O–H groups in total. The lowest BCUT2D eigenvalue weighted by Gasteiger charge is -2.06. The van der Waals surface area contributed by atoms with Gasteiger partial charge in [-0.25, -0.2) is 0 Å². The number of carboxylic acid groups (broad SMARTS) is 1. The summed E-state index contributed by atoms with van der Waals surface area (Å²) in [5.74, 6) is -0.581. The summed E-state index contributed by atoms with van der Waals surface area (Å²) in [6.45, 7) is 5.76. The van der Waals surface area contributed by atoms with Crippen molar-refractivity contribution < 1.29 is 19.2 Å². The molecule has 0 spiro atoms. The molecule has 0 radical (unpaired) electrons. The van der Waals surface area contributed by atoms with Crippen molar-refractivity contribution in [2.75, 3.05) is 7.11 Å². The number of carbonyl (C=O) groups is 1. The third-order valence-corrected chi connectivity index (χ3v) is 3.76. The highest BCUT2D eigenvalue weighted by Crippen LogP contribution is 2.64. The molecule has 18 heavy (non-hydrogen) atoms. The second-order valence-corrected chi connectivity index (χ2v) is 5.24. The van der Waals surface area contributed by atoms with Crippen LogP contribution < -0.4 is 0 Å². The summed E-state index contributed by atoms with van der Waals surface area (Å²) in [6, 6.07) is 0. The topological polar surface area (TPSA) is 85.5 Å². The second-order valence-electron chi connectivity index (χ2n) is 5.24. The van der Waals surface area contributed by atoms with Crippen LogP contribution in [0, 0.1) is 11.3 Å². The molecule has 3 atom stereocenters. The Kier molecular flexibility index (Phi) is 3.14. The van der Waals surface area contributed by atoms with Gasteiger partial charge < -0.3 is 14.4 Å². The normalized spacial score (nSPS) is 26.9. The highest BCUT2D eigenvalue weighted by atomic mass is 16.5. The van der Waals surface area contributed by atoms with Crippen molar-refractivity contribution >= 4 is 5.97 Å². The third-order valence-electron chi connectivity index (χ3n) is 3.76. The van der Waals surface area contributed by atoms with Gasteiger partial charge in [0.2, 0.25) is 11.7 Å². The van der Waals surface area contributed by atoms with Crippen LogP contribution in [0.15, 0.2) is 4.52 Å². The van der Waals surface area contributed by atoms with E-state index in [2.05, 4.69) is 10.1 Å². The fraction of sp³-hybridized carbons (Fsp3) is 0.750. The van der Waals surface area contributed by atoms with Crippen molar-refractivity contribution in [3.63, 3.8) is 0 Å². The second kappa shape index (κ2) is 4.35. The number of methoxy groups -OCH3 is 1. The fourth-order valence-corrected chi connectivity index (χ4v) is 2.52. The van der Waals surface area contributed by atoms with Crippen molar-refractivity contribution in [3.8, 4) is 0 Å². The Bertz CT molecular complexity index is 451. The van der Waals surface area contributed by atoms with Crippen LogP contribution in [0.25, 0.3) is 0 Å². The van der Waals surface area contributed by atoms with Gasteiger partial charge >= 0.3 is 5.97 Å². The van der Waals surface area contributed by atoms with Gasteiger partial charge in [-0.15, -0.1) is 0 Å². The van der Waals surface area contributed by atoms with Crippen LogP contribution in [0.4, 0.5) is 0 Å². The average molecular weight is 254 g/mol. The van der Waals surface area contributed by atoms with Crippen LogP contribution in [0.1, 0.15) is 50.9 Å². The molecule has 100 valence electrons. The summed E-state index contributed by atoms with van der Waals surface area (Å²) in [5.41, 5.74) is -0.329. The van der Waals surface area contributed by atoms with E-state index in [0.717, 1.165) is 6.42 Å². The van der Waals surface area contributed by atoms with E-state index in [9.17, 15) is 4.79 Å². The van der Waals surface area contributed by atoms with Crippen molar-refractivity contribution in [3.05, 3.63) is 11.7 Å². The number of aromatic nitrogens is 2. The van der Waals surface area contributed by atoms with Crippen LogP contribution >= 0.6 is 0 Å². The lowest BCUT2D eigenvalue weighted by molar-refractivity contribution is -0.139. The van der Waals surface area contributed by atoms with E-state index in [1.54, 1.807) is 7.11 Å². The first-order valence-corrected chi connectivity index (χ1v) is 6.02. The highest BCUT2D eigenvalue weighted by molar-refractivity contribution is 5.77. The summed E-state index contributed by atoms with van der Waals surface area (Å²) in [5, 5.41) is 13.0. The Morgan fingerprint density at radius 1 is 1.61 bits per heavy atom. The van der Waals surface area contributed by atoms with Gasteiger partial charge in [0, 0.05) is 7.11 Å².